The van der Waals surface area contributed by atoms with E-state index in [0.717, 1.165) is 22.0 Å². The highest BCUT2D eigenvalue weighted by molar-refractivity contribution is 5.84. The van der Waals surface area contributed by atoms with Crippen molar-refractivity contribution in [3.05, 3.63) is 93.8 Å². The maximum Gasteiger partial charge on any atom is 0.261 e. The van der Waals surface area contributed by atoms with Crippen LogP contribution in [0.1, 0.15) is 35.6 Å². The Bertz CT molecular complexity index is 1290. The number of amides is 1. The molecule has 3 N–H and O–H groups in total. The van der Waals surface area contributed by atoms with Gasteiger partial charge in [-0.1, -0.05) is 35.9 Å². The molecule has 7 heteroatoms. The zero-order valence-electron chi connectivity index (χ0n) is 18.3. The largest absolute Gasteiger partial charge is 0.481 e. The molecule has 2 atom stereocenters. The number of aryl methyl sites for hydroxylation is 2. The first-order valence-corrected chi connectivity index (χ1v) is 10.6. The van der Waals surface area contributed by atoms with Crippen LogP contribution < -0.4 is 15.6 Å². The molecule has 4 aromatic rings. The molecule has 4 rings (SSSR count). The highest BCUT2D eigenvalue weighted by Gasteiger charge is 2.23. The third kappa shape index (κ3) is 4.88. The number of nitrogens with zero attached hydrogens (tertiary/aromatic N) is 1. The van der Waals surface area contributed by atoms with E-state index in [4.69, 9.17) is 4.74 Å². The third-order valence-corrected chi connectivity index (χ3v) is 5.36. The summed E-state index contributed by atoms with van der Waals surface area (Å²) in [5, 5.41) is 4.10. The lowest BCUT2D eigenvalue weighted by Crippen LogP contribution is -2.40. The number of para-hydroxylation sites is 1. The summed E-state index contributed by atoms with van der Waals surface area (Å²) in [5.41, 5.74) is 3.41. The van der Waals surface area contributed by atoms with E-state index in [9.17, 15) is 9.59 Å². The standard InChI is InChI=1S/C25H26N4O3/c1-15-8-10-19(11-9-15)32-16(2)25(31)29-22(23-13-24(30)28-17(3)27-23)12-18-14-26-21-7-5-4-6-20(18)21/h4-11,13-14,16,22,26H,12H2,1-3H3,(H,29,31)(H,27,28,30)/t16-,22-/m0/s1. The maximum absolute atomic E-state index is 13.0. The summed E-state index contributed by atoms with van der Waals surface area (Å²) in [7, 11) is 0. The van der Waals surface area contributed by atoms with Crippen LogP contribution in [0.5, 0.6) is 5.75 Å². The molecule has 0 aliphatic rings. The van der Waals surface area contributed by atoms with Gasteiger partial charge in [-0.25, -0.2) is 4.98 Å². The lowest BCUT2D eigenvalue weighted by molar-refractivity contribution is -0.128. The molecule has 164 valence electrons. The molecule has 2 aromatic heterocycles. The number of nitrogens with one attached hydrogen (secondary N) is 3. The average Bonchev–Trinajstić information content (AvgIpc) is 3.17. The van der Waals surface area contributed by atoms with Crippen LogP contribution in [-0.2, 0) is 11.2 Å². The van der Waals surface area contributed by atoms with Crippen LogP contribution in [-0.4, -0.2) is 27.0 Å². The van der Waals surface area contributed by atoms with Gasteiger partial charge in [0.2, 0.25) is 0 Å². The van der Waals surface area contributed by atoms with Gasteiger partial charge in [-0.15, -0.1) is 0 Å². The van der Waals surface area contributed by atoms with Gasteiger partial charge < -0.3 is 20.0 Å². The van der Waals surface area contributed by atoms with Crippen molar-refractivity contribution in [3.8, 4) is 5.75 Å². The van der Waals surface area contributed by atoms with Gasteiger partial charge in [0.15, 0.2) is 6.10 Å². The lowest BCUT2D eigenvalue weighted by Gasteiger charge is -2.21. The first-order valence-electron chi connectivity index (χ1n) is 10.6. The van der Waals surface area contributed by atoms with Gasteiger partial charge in [-0.3, -0.25) is 9.59 Å². The molecule has 0 radical (unpaired) electrons. The topological polar surface area (TPSA) is 99.9 Å². The number of hydrogen-bond acceptors (Lipinski definition) is 4. The van der Waals surface area contributed by atoms with Crippen molar-refractivity contribution < 1.29 is 9.53 Å². The van der Waals surface area contributed by atoms with E-state index in [-0.39, 0.29) is 11.5 Å². The normalized spacial score (nSPS) is 13.0. The highest BCUT2D eigenvalue weighted by atomic mass is 16.5. The van der Waals surface area contributed by atoms with Crippen molar-refractivity contribution in [1.29, 1.82) is 0 Å². The van der Waals surface area contributed by atoms with Crippen LogP contribution in [0.25, 0.3) is 10.9 Å². The van der Waals surface area contributed by atoms with Crippen LogP contribution in [0.2, 0.25) is 0 Å². The number of rotatable bonds is 7. The van der Waals surface area contributed by atoms with E-state index >= 15 is 0 Å². The van der Waals surface area contributed by atoms with E-state index in [0.29, 0.717) is 23.7 Å². The third-order valence-electron chi connectivity index (χ3n) is 5.36. The minimum atomic E-state index is -0.716. The van der Waals surface area contributed by atoms with E-state index < -0.39 is 12.1 Å². The van der Waals surface area contributed by atoms with Crippen molar-refractivity contribution in [1.82, 2.24) is 20.3 Å². The Morgan fingerprint density at radius 3 is 2.62 bits per heavy atom. The molecule has 0 spiro atoms. The Balaban J connectivity index is 1.59. The van der Waals surface area contributed by atoms with Crippen LogP contribution in [0.15, 0.2) is 65.6 Å². The van der Waals surface area contributed by atoms with Crippen molar-refractivity contribution in [2.45, 2.75) is 39.3 Å². The molecule has 0 fully saturated rings. The van der Waals surface area contributed by atoms with Gasteiger partial charge in [0, 0.05) is 29.6 Å². The van der Waals surface area contributed by atoms with Crippen LogP contribution in [0, 0.1) is 13.8 Å². The van der Waals surface area contributed by atoms with Gasteiger partial charge in [-0.2, -0.15) is 0 Å². The van der Waals surface area contributed by atoms with Crippen LogP contribution in [0.4, 0.5) is 0 Å². The van der Waals surface area contributed by atoms with Gasteiger partial charge >= 0.3 is 0 Å². The number of aromatic amines is 2. The quantitative estimate of drug-likeness (QED) is 0.416. The molecule has 0 unspecified atom stereocenters. The Labute approximate surface area is 185 Å². The Morgan fingerprint density at radius 1 is 1.12 bits per heavy atom. The molecule has 7 nitrogen and oxygen atoms in total. The molecule has 2 aromatic carbocycles. The van der Waals surface area contributed by atoms with Gasteiger partial charge in [0.05, 0.1) is 11.7 Å². The number of fused-ring (bicyclic) bond motifs is 1. The van der Waals surface area contributed by atoms with E-state index in [1.807, 2.05) is 61.7 Å². The summed E-state index contributed by atoms with van der Waals surface area (Å²) in [6.07, 6.45) is 1.69. The zero-order valence-corrected chi connectivity index (χ0v) is 18.3. The van der Waals surface area contributed by atoms with E-state index in [2.05, 4.69) is 20.3 Å². The summed E-state index contributed by atoms with van der Waals surface area (Å²) in [4.78, 5) is 35.5. The summed E-state index contributed by atoms with van der Waals surface area (Å²) in [6, 6.07) is 16.4. The molecule has 0 bridgehead atoms. The Morgan fingerprint density at radius 2 is 1.88 bits per heavy atom. The number of ether oxygens (including phenoxy) is 1. The number of carbonyl (C=O) groups excluding carboxylic acids is 1. The number of benzene rings is 2. The fourth-order valence-electron chi connectivity index (χ4n) is 3.69. The molecule has 0 saturated carbocycles. The second kappa shape index (κ2) is 9.09. The smallest absolute Gasteiger partial charge is 0.261 e. The van der Waals surface area contributed by atoms with Crippen molar-refractivity contribution in [2.24, 2.45) is 0 Å². The maximum atomic E-state index is 13.0. The monoisotopic (exact) mass is 430 g/mol. The summed E-state index contributed by atoms with van der Waals surface area (Å²) >= 11 is 0. The van der Waals surface area contributed by atoms with Crippen LogP contribution in [0.3, 0.4) is 0 Å². The van der Waals surface area contributed by atoms with E-state index in [1.54, 1.807) is 13.8 Å². The number of H-pyrrole nitrogens is 2. The molecule has 1 amide bonds. The van der Waals surface area contributed by atoms with Crippen molar-refractivity contribution >= 4 is 16.8 Å². The molecule has 0 saturated heterocycles. The number of carbonyl (C=O) groups is 1. The summed E-state index contributed by atoms with van der Waals surface area (Å²) in [5.74, 6) is 0.835. The average molecular weight is 431 g/mol. The lowest BCUT2D eigenvalue weighted by atomic mass is 10.0. The predicted octanol–water partition coefficient (Wildman–Crippen LogP) is 3.74. The molecular weight excluding hydrogens is 404 g/mol. The molecule has 0 aliphatic carbocycles. The highest BCUT2D eigenvalue weighted by Crippen LogP contribution is 2.24. The SMILES string of the molecule is Cc1ccc(O[C@@H](C)C(=O)N[C@@H](Cc2c[nH]c3ccccc23)c2cc(=O)[nH]c(C)n2)cc1. The second-order valence-electron chi connectivity index (χ2n) is 7.95. The molecule has 2 heterocycles. The fraction of sp³-hybridized carbons (Fsp3) is 0.240. The predicted molar refractivity (Wildman–Crippen MR) is 124 cm³/mol. The van der Waals surface area contributed by atoms with Crippen molar-refractivity contribution in [3.63, 3.8) is 0 Å². The molecule has 0 aliphatic heterocycles. The first-order chi connectivity index (χ1) is 15.4. The zero-order chi connectivity index (χ0) is 22.7. The van der Waals surface area contributed by atoms with Crippen LogP contribution >= 0.6 is 0 Å². The summed E-state index contributed by atoms with van der Waals surface area (Å²) < 4.78 is 5.81. The Hall–Kier alpha value is -3.87. The van der Waals surface area contributed by atoms with Crippen molar-refractivity contribution in [2.75, 3.05) is 0 Å². The minimum absolute atomic E-state index is 0.255. The Kier molecular flexibility index (Phi) is 6.07. The molecular formula is C25H26N4O3. The van der Waals surface area contributed by atoms with Gasteiger partial charge in [-0.05, 0) is 44.5 Å². The number of hydrogen-bond donors (Lipinski definition) is 3. The fourth-order valence-corrected chi connectivity index (χ4v) is 3.69. The second-order valence-corrected chi connectivity index (χ2v) is 7.95. The first kappa shape index (κ1) is 21.4. The summed E-state index contributed by atoms with van der Waals surface area (Å²) in [6.45, 7) is 5.42. The van der Waals surface area contributed by atoms with Gasteiger partial charge in [0.25, 0.3) is 11.5 Å². The van der Waals surface area contributed by atoms with Gasteiger partial charge in [0.1, 0.15) is 11.6 Å². The minimum Gasteiger partial charge on any atom is -0.481 e. The number of aromatic nitrogens is 3. The molecule has 32 heavy (non-hydrogen) atoms. The van der Waals surface area contributed by atoms with E-state index in [1.165, 1.54) is 6.07 Å².